The molecule has 11 heteroatoms. The van der Waals surface area contributed by atoms with Crippen LogP contribution in [0.2, 0.25) is 0 Å². The molecule has 0 saturated heterocycles. The van der Waals surface area contributed by atoms with Crippen molar-refractivity contribution in [1.29, 1.82) is 0 Å². The largest absolute Gasteiger partial charge is 0.383 e. The molecule has 0 radical (unpaired) electrons. The molecule has 3 amide bonds. The lowest BCUT2D eigenvalue weighted by Gasteiger charge is -2.14. The van der Waals surface area contributed by atoms with Crippen molar-refractivity contribution < 1.29 is 18.7 Å². The lowest BCUT2D eigenvalue weighted by molar-refractivity contribution is -0.117. The first-order valence-corrected chi connectivity index (χ1v) is 12.3. The van der Waals surface area contributed by atoms with Crippen LogP contribution in [0, 0.1) is 5.82 Å². The molecule has 0 saturated carbocycles. The van der Waals surface area contributed by atoms with Crippen molar-refractivity contribution in [1.82, 2.24) is 20.2 Å². The molecule has 174 valence electrons. The van der Waals surface area contributed by atoms with Crippen LogP contribution >= 0.6 is 23.1 Å². The minimum absolute atomic E-state index is 0.0767. The van der Waals surface area contributed by atoms with Gasteiger partial charge in [-0.05, 0) is 43.4 Å². The number of thiophene rings is 1. The van der Waals surface area contributed by atoms with E-state index in [9.17, 15) is 18.8 Å². The number of aromatic nitrogens is 2. The van der Waals surface area contributed by atoms with Crippen LogP contribution in [-0.4, -0.2) is 47.5 Å². The maximum Gasteiger partial charge on any atom is 0.321 e. The molecule has 1 aliphatic rings. The average molecular weight is 491 g/mol. The Morgan fingerprint density at radius 1 is 1.27 bits per heavy atom. The third-order valence-corrected chi connectivity index (χ3v) is 7.35. The van der Waals surface area contributed by atoms with E-state index in [1.165, 1.54) is 35.1 Å². The number of ether oxygens (including phenoxy) is 1. The van der Waals surface area contributed by atoms with Gasteiger partial charge >= 0.3 is 6.03 Å². The van der Waals surface area contributed by atoms with Gasteiger partial charge in [0.25, 0.3) is 5.56 Å². The fraction of sp³-hybridized carbons (Fsp3) is 0.364. The van der Waals surface area contributed by atoms with Crippen LogP contribution < -0.4 is 16.2 Å². The second kappa shape index (κ2) is 10.4. The zero-order valence-electron chi connectivity index (χ0n) is 18.0. The molecule has 0 unspecified atom stereocenters. The molecule has 4 rings (SSSR count). The van der Waals surface area contributed by atoms with Crippen molar-refractivity contribution in [3.8, 4) is 5.69 Å². The summed E-state index contributed by atoms with van der Waals surface area (Å²) in [4.78, 5) is 44.0. The highest BCUT2D eigenvalue weighted by Crippen LogP contribution is 2.35. The minimum Gasteiger partial charge on any atom is -0.383 e. The highest BCUT2D eigenvalue weighted by Gasteiger charge is 2.24. The number of halogens is 1. The maximum absolute atomic E-state index is 14.7. The molecule has 0 bridgehead atoms. The summed E-state index contributed by atoms with van der Waals surface area (Å²) < 4.78 is 20.8. The van der Waals surface area contributed by atoms with Crippen LogP contribution in [0.1, 0.15) is 23.3 Å². The van der Waals surface area contributed by atoms with E-state index in [0.717, 1.165) is 47.9 Å². The highest BCUT2D eigenvalue weighted by molar-refractivity contribution is 7.99. The molecule has 0 spiro atoms. The quantitative estimate of drug-likeness (QED) is 0.300. The Bertz CT molecular complexity index is 1260. The number of imide groups is 1. The first-order chi connectivity index (χ1) is 16.0. The summed E-state index contributed by atoms with van der Waals surface area (Å²) in [5.74, 6) is -1.29. The van der Waals surface area contributed by atoms with Gasteiger partial charge in [0.1, 0.15) is 10.6 Å². The number of carbonyl (C=O) groups excluding carboxylic acids is 2. The Kier molecular flexibility index (Phi) is 7.41. The van der Waals surface area contributed by atoms with Crippen molar-refractivity contribution in [3.63, 3.8) is 0 Å². The predicted octanol–water partition coefficient (Wildman–Crippen LogP) is 3.03. The van der Waals surface area contributed by atoms with E-state index >= 15 is 0 Å². The maximum atomic E-state index is 14.7. The Labute approximate surface area is 197 Å². The third kappa shape index (κ3) is 5.10. The molecule has 2 aromatic heterocycles. The second-order valence-corrected chi connectivity index (χ2v) is 9.49. The van der Waals surface area contributed by atoms with Gasteiger partial charge in [-0.2, -0.15) is 0 Å². The van der Waals surface area contributed by atoms with Gasteiger partial charge in [-0.25, -0.2) is 14.2 Å². The van der Waals surface area contributed by atoms with Crippen LogP contribution in [0.3, 0.4) is 0 Å². The molecule has 1 aliphatic carbocycles. The van der Waals surface area contributed by atoms with E-state index in [4.69, 9.17) is 4.74 Å². The normalized spacial score (nSPS) is 13.0. The van der Waals surface area contributed by atoms with Gasteiger partial charge in [0.2, 0.25) is 5.91 Å². The fourth-order valence-corrected chi connectivity index (χ4v) is 5.84. The number of fused-ring (bicyclic) bond motifs is 3. The number of nitrogens with zero attached hydrogens (tertiary/aromatic N) is 2. The molecule has 1 aromatic carbocycles. The monoisotopic (exact) mass is 490 g/mol. The van der Waals surface area contributed by atoms with Crippen molar-refractivity contribution in [2.24, 2.45) is 0 Å². The topological polar surface area (TPSA) is 102 Å². The van der Waals surface area contributed by atoms with Crippen molar-refractivity contribution >= 4 is 45.3 Å². The summed E-state index contributed by atoms with van der Waals surface area (Å²) in [6.45, 7) is 0.580. The molecule has 3 aromatic rings. The van der Waals surface area contributed by atoms with E-state index in [2.05, 4.69) is 15.6 Å². The van der Waals surface area contributed by atoms with Gasteiger partial charge in [-0.1, -0.05) is 23.9 Å². The number of rotatable bonds is 7. The lowest BCUT2D eigenvalue weighted by Crippen LogP contribution is -2.41. The van der Waals surface area contributed by atoms with Crippen molar-refractivity contribution in [3.05, 3.63) is 50.9 Å². The Morgan fingerprint density at radius 2 is 2.06 bits per heavy atom. The zero-order valence-corrected chi connectivity index (χ0v) is 19.6. The summed E-state index contributed by atoms with van der Waals surface area (Å²) in [6, 6.07) is 5.34. The van der Waals surface area contributed by atoms with E-state index < -0.39 is 17.8 Å². The molecule has 0 atom stereocenters. The minimum atomic E-state index is -0.640. The number of methoxy groups -OCH3 is 1. The summed E-state index contributed by atoms with van der Waals surface area (Å²) in [7, 11) is 1.50. The third-order valence-electron chi connectivity index (χ3n) is 5.23. The van der Waals surface area contributed by atoms with Gasteiger partial charge in [0.05, 0.1) is 23.4 Å². The first kappa shape index (κ1) is 23.4. The van der Waals surface area contributed by atoms with Crippen LogP contribution in [0.5, 0.6) is 0 Å². The van der Waals surface area contributed by atoms with Gasteiger partial charge in [0, 0.05) is 18.5 Å². The van der Waals surface area contributed by atoms with Crippen LogP contribution in [-0.2, 0) is 22.4 Å². The number of carbonyl (C=O) groups is 2. The summed E-state index contributed by atoms with van der Waals surface area (Å²) in [5, 5.41) is 5.45. The van der Waals surface area contributed by atoms with Crippen molar-refractivity contribution in [2.75, 3.05) is 26.0 Å². The summed E-state index contributed by atoms with van der Waals surface area (Å²) in [5.41, 5.74) is 0.739. The highest BCUT2D eigenvalue weighted by atomic mass is 32.2. The summed E-state index contributed by atoms with van der Waals surface area (Å²) in [6.07, 6.45) is 3.77. The predicted molar refractivity (Wildman–Crippen MR) is 126 cm³/mol. The fourth-order valence-electron chi connectivity index (χ4n) is 3.73. The second-order valence-electron chi connectivity index (χ2n) is 7.46. The molecule has 0 fully saturated rings. The Balaban J connectivity index is 1.66. The molecule has 0 aliphatic heterocycles. The number of amides is 3. The number of nitrogens with one attached hydrogen (secondary N) is 2. The zero-order chi connectivity index (χ0) is 23.4. The SMILES string of the molecule is COCCNC(=O)NC(=O)CSc1nc2sc3c(c2c(=O)n1-c1ccccc1F)CCCC3. The van der Waals surface area contributed by atoms with Crippen LogP contribution in [0.15, 0.2) is 34.2 Å². The molecule has 2 N–H and O–H groups in total. The Morgan fingerprint density at radius 3 is 2.85 bits per heavy atom. The van der Waals surface area contributed by atoms with Crippen LogP contribution in [0.25, 0.3) is 15.9 Å². The average Bonchev–Trinajstić information content (AvgIpc) is 3.17. The van der Waals surface area contributed by atoms with E-state index in [1.54, 1.807) is 12.1 Å². The molecule has 8 nitrogen and oxygen atoms in total. The number of hydrogen-bond donors (Lipinski definition) is 2. The molecular weight excluding hydrogens is 467 g/mol. The van der Waals surface area contributed by atoms with Gasteiger partial charge in [-0.3, -0.25) is 19.5 Å². The number of para-hydroxylation sites is 1. The van der Waals surface area contributed by atoms with E-state index in [0.29, 0.717) is 16.8 Å². The molecule has 33 heavy (non-hydrogen) atoms. The molecular formula is C22H23FN4O4S2. The van der Waals surface area contributed by atoms with Gasteiger partial charge in [-0.15, -0.1) is 11.3 Å². The van der Waals surface area contributed by atoms with Gasteiger partial charge < -0.3 is 10.1 Å². The lowest BCUT2D eigenvalue weighted by atomic mass is 9.97. The smallest absolute Gasteiger partial charge is 0.321 e. The number of thioether (sulfide) groups is 1. The van der Waals surface area contributed by atoms with Gasteiger partial charge in [0.15, 0.2) is 5.16 Å². The van der Waals surface area contributed by atoms with Crippen LogP contribution in [0.4, 0.5) is 9.18 Å². The van der Waals surface area contributed by atoms with E-state index in [1.807, 2.05) is 0 Å². The summed E-state index contributed by atoms with van der Waals surface area (Å²) >= 11 is 2.46. The van der Waals surface area contributed by atoms with E-state index in [-0.39, 0.29) is 28.7 Å². The number of hydrogen-bond acceptors (Lipinski definition) is 7. The van der Waals surface area contributed by atoms with Crippen molar-refractivity contribution in [2.45, 2.75) is 30.8 Å². The number of urea groups is 1. The number of benzene rings is 1. The number of aryl methyl sites for hydroxylation is 2. The Hall–Kier alpha value is -2.76. The first-order valence-electron chi connectivity index (χ1n) is 10.5. The standard InChI is InChI=1S/C22H23FN4O4S2/c1-31-11-10-24-21(30)25-17(28)12-32-22-26-19-18(13-6-2-5-9-16(13)33-19)20(29)27(22)15-8-4-3-7-14(15)23/h3-4,7-8H,2,5-6,9-12H2,1H3,(H2,24,25,28,30). The molecule has 2 heterocycles.